The number of ether oxygens (including phenoxy) is 2. The van der Waals surface area contributed by atoms with E-state index < -0.39 is 17.6 Å². The first-order chi connectivity index (χ1) is 17.0. The highest BCUT2D eigenvalue weighted by Gasteiger charge is 2.35. The van der Waals surface area contributed by atoms with Crippen molar-refractivity contribution in [3.63, 3.8) is 0 Å². The predicted octanol–water partition coefficient (Wildman–Crippen LogP) is 4.97. The quantitative estimate of drug-likeness (QED) is 0.412. The molecule has 0 aliphatic carbocycles. The van der Waals surface area contributed by atoms with Gasteiger partial charge in [0.25, 0.3) is 5.56 Å². The predicted molar refractivity (Wildman–Crippen MR) is 144 cm³/mol. The molecule has 2 heterocycles. The van der Waals surface area contributed by atoms with Gasteiger partial charge in [-0.3, -0.25) is 9.36 Å². The van der Waals surface area contributed by atoms with Crippen LogP contribution in [0.3, 0.4) is 0 Å². The fraction of sp³-hybridized carbons (Fsp3) is 0.240. The minimum atomic E-state index is -0.862. The third kappa shape index (κ3) is 4.98. The Morgan fingerprint density at radius 1 is 1.28 bits per heavy atom. The third-order valence-electron chi connectivity index (χ3n) is 5.41. The Labute approximate surface area is 229 Å². The second-order valence-corrected chi connectivity index (χ2v) is 11.0. The number of allylic oxidation sites excluding steroid dienone is 1. The first kappa shape index (κ1) is 26.5. The lowest BCUT2D eigenvalue weighted by molar-refractivity contribution is -0.143. The molecule has 1 aliphatic rings. The number of esters is 1. The molecule has 0 radical (unpaired) electrons. The Balaban J connectivity index is 2.03. The molecule has 36 heavy (non-hydrogen) atoms. The molecule has 2 aromatic carbocycles. The monoisotopic (exact) mass is 610 g/mol. The molecule has 188 valence electrons. The lowest BCUT2D eigenvalue weighted by Crippen LogP contribution is -2.40. The van der Waals surface area contributed by atoms with E-state index in [0.717, 1.165) is 15.8 Å². The van der Waals surface area contributed by atoms with Crippen molar-refractivity contribution in [3.05, 3.63) is 86.9 Å². The summed E-state index contributed by atoms with van der Waals surface area (Å²) in [6, 6.07) is 7.41. The molecule has 0 saturated heterocycles. The van der Waals surface area contributed by atoms with Crippen molar-refractivity contribution in [1.29, 1.82) is 0 Å². The molecule has 0 fully saturated rings. The Kier molecular flexibility index (Phi) is 7.66. The van der Waals surface area contributed by atoms with Crippen molar-refractivity contribution in [2.45, 2.75) is 32.9 Å². The largest absolute Gasteiger partial charge is 0.506 e. The van der Waals surface area contributed by atoms with Crippen LogP contribution in [0.5, 0.6) is 11.5 Å². The maximum absolute atomic E-state index is 13.8. The number of carbonyl (C=O) groups is 1. The van der Waals surface area contributed by atoms with Gasteiger partial charge in [-0.2, -0.15) is 0 Å². The topological polar surface area (TPSA) is 90.1 Å². The van der Waals surface area contributed by atoms with Gasteiger partial charge in [0.15, 0.2) is 4.80 Å². The van der Waals surface area contributed by atoms with Crippen molar-refractivity contribution in [2.75, 3.05) is 7.11 Å². The van der Waals surface area contributed by atoms with E-state index in [1.165, 1.54) is 29.9 Å². The summed E-state index contributed by atoms with van der Waals surface area (Å²) >= 11 is 16.8. The number of carbonyl (C=O) groups excluding carboxylic acids is 1. The van der Waals surface area contributed by atoms with Crippen molar-refractivity contribution in [2.24, 2.45) is 4.99 Å². The molecule has 4 rings (SSSR count). The van der Waals surface area contributed by atoms with Gasteiger partial charge in [0.05, 0.1) is 34.0 Å². The number of nitrogens with zero attached hydrogens (tertiary/aromatic N) is 2. The summed E-state index contributed by atoms with van der Waals surface area (Å²) < 4.78 is 13.6. The highest BCUT2D eigenvalue weighted by molar-refractivity contribution is 9.10. The Morgan fingerprint density at radius 2 is 2.00 bits per heavy atom. The Morgan fingerprint density at radius 3 is 2.67 bits per heavy atom. The zero-order valence-corrected chi connectivity index (χ0v) is 23.5. The molecule has 1 aromatic heterocycles. The van der Waals surface area contributed by atoms with Gasteiger partial charge in [-0.15, -0.1) is 0 Å². The number of aromatic nitrogens is 1. The fourth-order valence-corrected chi connectivity index (χ4v) is 5.84. The van der Waals surface area contributed by atoms with E-state index in [1.54, 1.807) is 39.0 Å². The van der Waals surface area contributed by atoms with Gasteiger partial charge in [-0.05, 0) is 57.2 Å². The Hall–Kier alpha value is -2.59. The summed E-state index contributed by atoms with van der Waals surface area (Å²) in [7, 11) is 1.52. The van der Waals surface area contributed by atoms with Crippen LogP contribution < -0.4 is 19.6 Å². The van der Waals surface area contributed by atoms with Crippen molar-refractivity contribution < 1.29 is 19.4 Å². The number of thiazole rings is 1. The average Bonchev–Trinajstić information content (AvgIpc) is 3.10. The van der Waals surface area contributed by atoms with E-state index in [1.807, 2.05) is 0 Å². The molecule has 1 N–H and O–H groups in total. The van der Waals surface area contributed by atoms with E-state index in [4.69, 9.17) is 32.7 Å². The minimum Gasteiger partial charge on any atom is -0.506 e. The lowest BCUT2D eigenvalue weighted by atomic mass is 9.95. The molecule has 3 aromatic rings. The smallest absolute Gasteiger partial charge is 0.338 e. The van der Waals surface area contributed by atoms with E-state index in [2.05, 4.69) is 20.9 Å². The van der Waals surface area contributed by atoms with Gasteiger partial charge in [0, 0.05) is 20.6 Å². The van der Waals surface area contributed by atoms with Gasteiger partial charge >= 0.3 is 5.97 Å². The molecule has 0 bridgehead atoms. The molecule has 0 saturated carbocycles. The number of benzene rings is 2. The highest BCUT2D eigenvalue weighted by atomic mass is 79.9. The molecule has 11 heteroatoms. The maximum atomic E-state index is 13.8. The number of rotatable bonds is 5. The summed E-state index contributed by atoms with van der Waals surface area (Å²) in [6.45, 7) is 5.20. The number of methoxy groups -OCH3 is 1. The van der Waals surface area contributed by atoms with Gasteiger partial charge in [0.1, 0.15) is 17.5 Å². The summed E-state index contributed by atoms with van der Waals surface area (Å²) in [5.74, 6) is -0.289. The number of phenols is 1. The number of hydrogen-bond acceptors (Lipinski definition) is 7. The third-order valence-corrected chi connectivity index (χ3v) is 7.40. The van der Waals surface area contributed by atoms with Crippen LogP contribution >= 0.6 is 50.5 Å². The van der Waals surface area contributed by atoms with Crippen LogP contribution in [0.4, 0.5) is 0 Å². The number of hydrogen-bond donors (Lipinski definition) is 1. The number of aromatic hydroxyl groups is 1. The lowest BCUT2D eigenvalue weighted by Gasteiger charge is -2.26. The molecule has 0 spiro atoms. The van der Waals surface area contributed by atoms with Crippen LogP contribution in [-0.4, -0.2) is 28.9 Å². The summed E-state index contributed by atoms with van der Waals surface area (Å²) in [4.78, 5) is 32.0. The van der Waals surface area contributed by atoms with E-state index >= 15 is 0 Å². The first-order valence-electron chi connectivity index (χ1n) is 10.8. The van der Waals surface area contributed by atoms with E-state index in [9.17, 15) is 14.7 Å². The summed E-state index contributed by atoms with van der Waals surface area (Å²) in [5, 5.41) is 10.8. The molecular weight excluding hydrogens is 591 g/mol. The summed E-state index contributed by atoms with van der Waals surface area (Å²) in [6.07, 6.45) is 1.13. The highest BCUT2D eigenvalue weighted by Crippen LogP contribution is 2.37. The zero-order valence-electron chi connectivity index (χ0n) is 19.6. The number of phenolic OH excluding ortho intramolecular Hbond substituents is 1. The van der Waals surface area contributed by atoms with Gasteiger partial charge in [-0.25, -0.2) is 9.79 Å². The maximum Gasteiger partial charge on any atom is 0.338 e. The molecule has 1 aliphatic heterocycles. The first-order valence-corrected chi connectivity index (χ1v) is 13.1. The SMILES string of the molecule is COc1ccc(Br)cc1[C@@H]1C(C(=O)OC(C)C)=C(C)N=c2s/c(=C\c3cc(Cl)cc(Cl)c3O)c(=O)n21. The van der Waals surface area contributed by atoms with Crippen LogP contribution in [0.2, 0.25) is 10.0 Å². The fourth-order valence-electron chi connectivity index (χ4n) is 3.91. The normalized spacial score (nSPS) is 15.7. The average molecular weight is 612 g/mol. The van der Waals surface area contributed by atoms with Crippen LogP contribution in [0.1, 0.15) is 37.9 Å². The van der Waals surface area contributed by atoms with E-state index in [0.29, 0.717) is 26.8 Å². The molecule has 1 atom stereocenters. The van der Waals surface area contributed by atoms with Gasteiger partial charge in [0.2, 0.25) is 0 Å². The zero-order chi connectivity index (χ0) is 26.3. The van der Waals surface area contributed by atoms with Crippen LogP contribution in [0.15, 0.2) is 55.9 Å². The van der Waals surface area contributed by atoms with Crippen molar-refractivity contribution in [1.82, 2.24) is 4.57 Å². The second kappa shape index (κ2) is 10.4. The van der Waals surface area contributed by atoms with Crippen LogP contribution in [0, 0.1) is 0 Å². The Bertz CT molecular complexity index is 1590. The minimum absolute atomic E-state index is 0.0628. The number of fused-ring (bicyclic) bond motifs is 1. The van der Waals surface area contributed by atoms with Crippen molar-refractivity contribution >= 4 is 62.5 Å². The van der Waals surface area contributed by atoms with E-state index in [-0.39, 0.29) is 32.5 Å². The van der Waals surface area contributed by atoms with Crippen LogP contribution in [-0.2, 0) is 9.53 Å². The standard InChI is InChI=1S/C25H21BrCl2N2O5S/c1-11(2)35-24(33)20-12(3)29-25-30(21(20)16-9-14(26)5-6-18(16)34-4)23(32)19(36-25)8-13-7-15(27)10-17(28)22(13)31/h5-11,21,31H,1-4H3/b19-8-/t21-/m1/s1. The number of halogens is 3. The molecule has 0 unspecified atom stereocenters. The van der Waals surface area contributed by atoms with Gasteiger partial charge < -0.3 is 14.6 Å². The van der Waals surface area contributed by atoms with Crippen LogP contribution in [0.25, 0.3) is 6.08 Å². The molecular formula is C25H21BrCl2N2O5S. The molecule has 7 nitrogen and oxygen atoms in total. The second-order valence-electron chi connectivity index (χ2n) is 8.25. The molecule has 0 amide bonds. The van der Waals surface area contributed by atoms with Crippen molar-refractivity contribution in [3.8, 4) is 11.5 Å². The summed E-state index contributed by atoms with van der Waals surface area (Å²) in [5.41, 5.74) is 1.10. The van der Waals surface area contributed by atoms with Gasteiger partial charge in [-0.1, -0.05) is 50.5 Å².